The van der Waals surface area contributed by atoms with Crippen molar-refractivity contribution < 1.29 is 9.47 Å². The Morgan fingerprint density at radius 3 is 2.46 bits per heavy atom. The van der Waals surface area contributed by atoms with Crippen molar-refractivity contribution in [3.05, 3.63) is 46.8 Å². The highest BCUT2D eigenvalue weighted by Crippen LogP contribution is 2.44. The fraction of sp³-hybridized carbons (Fsp3) is 0.500. The highest BCUT2D eigenvalue weighted by Gasteiger charge is 2.36. The van der Waals surface area contributed by atoms with E-state index >= 15 is 0 Å². The maximum Gasteiger partial charge on any atom is 0.106 e. The molecular weight excluding hydrogens is 336 g/mol. The molecule has 0 bridgehead atoms. The lowest BCUT2D eigenvalue weighted by atomic mass is 9.87. The molecule has 0 unspecified atom stereocenters. The first-order valence-electron chi connectivity index (χ1n) is 8.45. The molecule has 1 aromatic heterocycles. The van der Waals surface area contributed by atoms with Crippen LogP contribution in [-0.2, 0) is 20.5 Å². The van der Waals surface area contributed by atoms with Gasteiger partial charge < -0.3 is 9.47 Å². The van der Waals surface area contributed by atoms with Gasteiger partial charge >= 0.3 is 0 Å². The Kier molecular flexibility index (Phi) is 5.40. The first kappa shape index (κ1) is 18.0. The molecule has 1 saturated heterocycles. The molecule has 0 spiro atoms. The average Bonchev–Trinajstić information content (AvgIpc) is 3.04. The summed E-state index contributed by atoms with van der Waals surface area (Å²) in [4.78, 5) is 2.67. The van der Waals surface area contributed by atoms with E-state index in [1.165, 1.54) is 19.5 Å². The number of hydrogen-bond acceptors (Lipinski definition) is 4. The van der Waals surface area contributed by atoms with E-state index in [-0.39, 0.29) is 11.0 Å². The van der Waals surface area contributed by atoms with Gasteiger partial charge in [-0.3, -0.25) is 0 Å². The van der Waals surface area contributed by atoms with Gasteiger partial charge in [-0.05, 0) is 29.2 Å². The Morgan fingerprint density at radius 2 is 1.79 bits per heavy atom. The lowest BCUT2D eigenvalue weighted by molar-refractivity contribution is -0.0925. The monoisotopic (exact) mass is 362 g/mol. The zero-order valence-corrected chi connectivity index (χ0v) is 16.6. The number of hydrogen-bond donors (Lipinski definition) is 0. The van der Waals surface area contributed by atoms with Crippen LogP contribution in [0.15, 0.2) is 45.5 Å². The molecule has 2 heterocycles. The molecule has 0 atom stereocenters. The Bertz CT molecular complexity index is 679. The van der Waals surface area contributed by atoms with Gasteiger partial charge in [-0.15, -0.1) is 11.3 Å². The predicted molar refractivity (Wildman–Crippen MR) is 102 cm³/mol. The summed E-state index contributed by atoms with van der Waals surface area (Å²) < 4.78 is 12.8. The van der Waals surface area contributed by atoms with Gasteiger partial charge in [0, 0.05) is 42.9 Å². The van der Waals surface area contributed by atoms with Gasteiger partial charge in [0.25, 0.3) is 0 Å². The maximum atomic E-state index is 5.93. The van der Waals surface area contributed by atoms with Crippen molar-refractivity contribution in [1.82, 2.24) is 0 Å². The van der Waals surface area contributed by atoms with Crippen molar-refractivity contribution in [3.63, 3.8) is 0 Å². The molecule has 1 aliphatic rings. The first-order chi connectivity index (χ1) is 11.4. The van der Waals surface area contributed by atoms with E-state index in [2.05, 4.69) is 57.2 Å². The number of ether oxygens (including phenoxy) is 2. The quantitative estimate of drug-likeness (QED) is 0.680. The first-order valence-corrected chi connectivity index (χ1v) is 10.1. The highest BCUT2D eigenvalue weighted by atomic mass is 32.2. The molecule has 1 aromatic carbocycles. The third-order valence-electron chi connectivity index (χ3n) is 4.63. The molecule has 24 heavy (non-hydrogen) atoms. The topological polar surface area (TPSA) is 18.5 Å². The minimum absolute atomic E-state index is 0.151. The van der Waals surface area contributed by atoms with Crippen molar-refractivity contribution in [2.45, 2.75) is 53.7 Å². The summed E-state index contributed by atoms with van der Waals surface area (Å²) in [7, 11) is 1.83. The zero-order valence-electron chi connectivity index (χ0n) is 14.9. The molecule has 0 aliphatic carbocycles. The zero-order chi connectivity index (χ0) is 17.2. The van der Waals surface area contributed by atoms with E-state index in [0.717, 1.165) is 26.1 Å². The van der Waals surface area contributed by atoms with E-state index in [1.807, 2.05) is 30.2 Å². The minimum atomic E-state index is -0.161. The molecule has 1 aliphatic heterocycles. The van der Waals surface area contributed by atoms with Crippen LogP contribution in [0.3, 0.4) is 0 Å². The summed E-state index contributed by atoms with van der Waals surface area (Å²) in [5.41, 5.74) is 1.39. The Labute approximate surface area is 153 Å². The van der Waals surface area contributed by atoms with Crippen molar-refractivity contribution in [2.24, 2.45) is 0 Å². The molecular formula is C20H26O2S2. The van der Waals surface area contributed by atoms with Crippen LogP contribution in [0.1, 0.15) is 44.1 Å². The molecule has 3 rings (SSSR count). The van der Waals surface area contributed by atoms with Crippen LogP contribution in [-0.4, -0.2) is 20.3 Å². The fourth-order valence-corrected chi connectivity index (χ4v) is 5.81. The van der Waals surface area contributed by atoms with Gasteiger partial charge in [0.15, 0.2) is 0 Å². The predicted octanol–water partition coefficient (Wildman–Crippen LogP) is 5.85. The Balaban J connectivity index is 1.85. The minimum Gasteiger partial charge on any atom is -0.381 e. The van der Waals surface area contributed by atoms with E-state index in [4.69, 9.17) is 9.47 Å². The number of rotatable bonds is 4. The number of thiophene rings is 1. The van der Waals surface area contributed by atoms with Crippen LogP contribution in [0.2, 0.25) is 0 Å². The molecule has 0 radical (unpaired) electrons. The Morgan fingerprint density at radius 1 is 1.08 bits per heavy atom. The van der Waals surface area contributed by atoms with E-state index < -0.39 is 0 Å². The largest absolute Gasteiger partial charge is 0.381 e. The molecule has 0 N–H and O–H groups in total. The SMILES string of the molecule is COC1(c2ccc(Sc3ccccc3C(C)(C)C)s2)CCOCC1. The van der Waals surface area contributed by atoms with Crippen molar-refractivity contribution >= 4 is 23.1 Å². The van der Waals surface area contributed by atoms with Crippen LogP contribution < -0.4 is 0 Å². The van der Waals surface area contributed by atoms with E-state index in [1.54, 1.807) is 0 Å². The summed E-state index contributed by atoms with van der Waals surface area (Å²) in [5.74, 6) is 0. The third kappa shape index (κ3) is 3.72. The molecule has 0 amide bonds. The molecule has 4 heteroatoms. The molecule has 0 saturated carbocycles. The van der Waals surface area contributed by atoms with Crippen LogP contribution in [0.5, 0.6) is 0 Å². The summed E-state index contributed by atoms with van der Waals surface area (Å²) in [5, 5.41) is 0. The lowest BCUT2D eigenvalue weighted by Gasteiger charge is -2.35. The number of methoxy groups -OCH3 is 1. The van der Waals surface area contributed by atoms with Gasteiger partial charge in [-0.1, -0.05) is 50.7 Å². The van der Waals surface area contributed by atoms with Crippen LogP contribution >= 0.6 is 23.1 Å². The second-order valence-electron chi connectivity index (χ2n) is 7.28. The van der Waals surface area contributed by atoms with Gasteiger partial charge in [-0.2, -0.15) is 0 Å². The van der Waals surface area contributed by atoms with Crippen molar-refractivity contribution in [3.8, 4) is 0 Å². The standard InChI is InChI=1S/C20H26O2S2/c1-19(2,3)15-7-5-6-8-16(15)23-18-10-9-17(24-18)20(21-4)11-13-22-14-12-20/h5-10H,11-14H2,1-4H3. The number of benzene rings is 1. The molecule has 2 nitrogen and oxygen atoms in total. The molecule has 130 valence electrons. The van der Waals surface area contributed by atoms with E-state index in [9.17, 15) is 0 Å². The van der Waals surface area contributed by atoms with Crippen LogP contribution in [0.4, 0.5) is 0 Å². The van der Waals surface area contributed by atoms with Gasteiger partial charge in [0.2, 0.25) is 0 Å². The summed E-state index contributed by atoms with van der Waals surface area (Å²) >= 11 is 3.73. The summed E-state index contributed by atoms with van der Waals surface area (Å²) in [6.45, 7) is 8.37. The Hall–Kier alpha value is -0.810. The molecule has 1 fully saturated rings. The second kappa shape index (κ2) is 7.20. The maximum absolute atomic E-state index is 5.93. The van der Waals surface area contributed by atoms with Crippen LogP contribution in [0, 0.1) is 0 Å². The van der Waals surface area contributed by atoms with Crippen LogP contribution in [0.25, 0.3) is 0 Å². The van der Waals surface area contributed by atoms with Crippen molar-refractivity contribution in [1.29, 1.82) is 0 Å². The van der Waals surface area contributed by atoms with Crippen molar-refractivity contribution in [2.75, 3.05) is 20.3 Å². The highest BCUT2D eigenvalue weighted by molar-refractivity contribution is 8.01. The second-order valence-corrected chi connectivity index (χ2v) is 9.70. The fourth-order valence-electron chi connectivity index (χ4n) is 3.16. The smallest absolute Gasteiger partial charge is 0.106 e. The van der Waals surface area contributed by atoms with Gasteiger partial charge in [-0.25, -0.2) is 0 Å². The average molecular weight is 363 g/mol. The van der Waals surface area contributed by atoms with Gasteiger partial charge in [0.1, 0.15) is 5.60 Å². The lowest BCUT2D eigenvalue weighted by Crippen LogP contribution is -2.34. The summed E-state index contributed by atoms with van der Waals surface area (Å²) in [6.07, 6.45) is 1.87. The molecule has 2 aromatic rings. The van der Waals surface area contributed by atoms with Gasteiger partial charge in [0.05, 0.1) is 4.21 Å². The normalized spacial score (nSPS) is 17.8. The van der Waals surface area contributed by atoms with E-state index in [0.29, 0.717) is 0 Å². The summed E-state index contributed by atoms with van der Waals surface area (Å²) in [6, 6.07) is 13.2. The third-order valence-corrected chi connectivity index (χ3v) is 7.11.